The summed E-state index contributed by atoms with van der Waals surface area (Å²) in [6, 6.07) is 0. The number of halogens is 3. The first-order valence-corrected chi connectivity index (χ1v) is 6.05. The van der Waals surface area contributed by atoms with Crippen molar-refractivity contribution in [3.8, 4) is 0 Å². The fourth-order valence-corrected chi connectivity index (χ4v) is 1.74. The second kappa shape index (κ2) is 5.94. The highest BCUT2D eigenvalue weighted by molar-refractivity contribution is 6.76. The van der Waals surface area contributed by atoms with E-state index in [-0.39, 0.29) is 18.5 Å². The summed E-state index contributed by atoms with van der Waals surface area (Å²) in [6.45, 7) is 0.0620. The van der Waals surface area contributed by atoms with Crippen molar-refractivity contribution in [2.45, 2.75) is 16.6 Å². The second-order valence-corrected chi connectivity index (χ2v) is 5.83. The first-order chi connectivity index (χ1) is 7.86. The Morgan fingerprint density at radius 3 is 2.76 bits per heavy atom. The molecule has 1 rings (SSSR count). The molecule has 0 aliphatic heterocycles. The number of ether oxygens (including phenoxy) is 2. The summed E-state index contributed by atoms with van der Waals surface area (Å²) in [5, 5.41) is 7.36. The average molecular weight is 301 g/mol. The van der Waals surface area contributed by atoms with Crippen molar-refractivity contribution in [1.82, 2.24) is 0 Å². The van der Waals surface area contributed by atoms with Gasteiger partial charge in [0.15, 0.2) is 0 Å². The van der Waals surface area contributed by atoms with Crippen molar-refractivity contribution in [3.63, 3.8) is 0 Å². The van der Waals surface area contributed by atoms with Crippen LogP contribution in [0, 0.1) is 11.3 Å². The van der Waals surface area contributed by atoms with E-state index in [0.717, 1.165) is 12.0 Å². The molecule has 0 fully saturated rings. The zero-order valence-corrected chi connectivity index (χ0v) is 11.4. The number of alkyl halides is 3. The number of carbonyl (C=O) groups is 1. The van der Waals surface area contributed by atoms with Crippen molar-refractivity contribution < 1.29 is 14.3 Å². The van der Waals surface area contributed by atoms with Crippen LogP contribution >= 0.6 is 34.8 Å². The molecule has 0 bridgehead atoms. The van der Waals surface area contributed by atoms with Crippen LogP contribution in [0.25, 0.3) is 0 Å². The topological polar surface area (TPSA) is 59.4 Å². The van der Waals surface area contributed by atoms with Crippen molar-refractivity contribution >= 4 is 46.7 Å². The Bertz CT molecular complexity index is 349. The van der Waals surface area contributed by atoms with E-state index in [1.165, 1.54) is 7.11 Å². The van der Waals surface area contributed by atoms with Crippen molar-refractivity contribution in [2.75, 3.05) is 13.7 Å². The van der Waals surface area contributed by atoms with Gasteiger partial charge < -0.3 is 9.47 Å². The molecule has 0 heterocycles. The SMILES string of the molecule is COC(=O)C1CCC=C1COC(=N)C(Cl)(Cl)Cl. The quantitative estimate of drug-likeness (QED) is 0.287. The Morgan fingerprint density at radius 1 is 1.59 bits per heavy atom. The molecular formula is C10H12Cl3NO3. The highest BCUT2D eigenvalue weighted by Crippen LogP contribution is 2.30. The van der Waals surface area contributed by atoms with Gasteiger partial charge in [0, 0.05) is 0 Å². The maximum Gasteiger partial charge on any atom is 0.312 e. The van der Waals surface area contributed by atoms with Crippen LogP contribution in [0.2, 0.25) is 0 Å². The largest absolute Gasteiger partial charge is 0.474 e. The molecule has 1 aliphatic carbocycles. The summed E-state index contributed by atoms with van der Waals surface area (Å²) >= 11 is 16.4. The molecule has 0 spiro atoms. The number of esters is 1. The van der Waals surface area contributed by atoms with Gasteiger partial charge in [0.05, 0.1) is 13.0 Å². The molecule has 0 aromatic rings. The fourth-order valence-electron chi connectivity index (χ4n) is 1.57. The van der Waals surface area contributed by atoms with E-state index in [9.17, 15) is 4.79 Å². The summed E-state index contributed by atoms with van der Waals surface area (Å²) in [5.41, 5.74) is 0.760. The lowest BCUT2D eigenvalue weighted by Gasteiger charge is -2.16. The summed E-state index contributed by atoms with van der Waals surface area (Å²) < 4.78 is 7.82. The molecule has 0 saturated carbocycles. The predicted molar refractivity (Wildman–Crippen MR) is 66.8 cm³/mol. The van der Waals surface area contributed by atoms with Crippen LogP contribution in [-0.2, 0) is 14.3 Å². The zero-order valence-electron chi connectivity index (χ0n) is 9.13. The van der Waals surface area contributed by atoms with Gasteiger partial charge in [-0.25, -0.2) is 0 Å². The van der Waals surface area contributed by atoms with Gasteiger partial charge in [-0.2, -0.15) is 0 Å². The third-order valence-corrected chi connectivity index (χ3v) is 2.95. The van der Waals surface area contributed by atoms with Gasteiger partial charge in [-0.1, -0.05) is 40.9 Å². The number of hydrogen-bond acceptors (Lipinski definition) is 4. The number of rotatable bonds is 3. The smallest absolute Gasteiger partial charge is 0.312 e. The molecule has 4 nitrogen and oxygen atoms in total. The molecule has 0 radical (unpaired) electrons. The predicted octanol–water partition coefficient (Wildman–Crippen LogP) is 2.86. The highest BCUT2D eigenvalue weighted by Gasteiger charge is 2.31. The maximum atomic E-state index is 11.4. The van der Waals surface area contributed by atoms with Gasteiger partial charge >= 0.3 is 5.97 Å². The third kappa shape index (κ3) is 4.05. The molecule has 0 amide bonds. The van der Waals surface area contributed by atoms with Crippen LogP contribution in [0.5, 0.6) is 0 Å². The molecule has 96 valence electrons. The van der Waals surface area contributed by atoms with Crippen molar-refractivity contribution in [1.29, 1.82) is 5.41 Å². The molecule has 1 N–H and O–H groups in total. The third-order valence-electron chi connectivity index (χ3n) is 2.44. The van der Waals surface area contributed by atoms with E-state index >= 15 is 0 Å². The molecule has 17 heavy (non-hydrogen) atoms. The number of nitrogens with one attached hydrogen (secondary N) is 1. The minimum Gasteiger partial charge on any atom is -0.474 e. The Morgan fingerprint density at radius 2 is 2.24 bits per heavy atom. The highest BCUT2D eigenvalue weighted by atomic mass is 35.6. The van der Waals surface area contributed by atoms with E-state index < -0.39 is 9.69 Å². The summed E-state index contributed by atoms with van der Waals surface area (Å²) in [7, 11) is 1.34. The molecular weight excluding hydrogens is 288 g/mol. The zero-order chi connectivity index (χ0) is 13.1. The maximum absolute atomic E-state index is 11.4. The van der Waals surface area contributed by atoms with Crippen LogP contribution in [-0.4, -0.2) is 29.4 Å². The normalized spacial score (nSPS) is 19.8. The van der Waals surface area contributed by atoms with E-state index in [1.54, 1.807) is 0 Å². The number of hydrogen-bond donors (Lipinski definition) is 1. The Hall–Kier alpha value is -0.450. The standard InChI is InChI=1S/C10H12Cl3NO3/c1-16-8(15)7-4-2-3-6(7)5-17-9(14)10(11,12)13/h3,7,14H,2,4-5H2,1H3. The molecule has 0 aromatic heterocycles. The average Bonchev–Trinajstić information content (AvgIpc) is 2.71. The number of allylic oxidation sites excluding steroid dienone is 1. The Labute approximate surface area is 114 Å². The first kappa shape index (κ1) is 14.6. The number of methoxy groups -OCH3 is 1. The van der Waals surface area contributed by atoms with Crippen molar-refractivity contribution in [2.24, 2.45) is 5.92 Å². The van der Waals surface area contributed by atoms with Crippen LogP contribution in [0.15, 0.2) is 11.6 Å². The monoisotopic (exact) mass is 299 g/mol. The number of carbonyl (C=O) groups excluding carboxylic acids is 1. The van der Waals surface area contributed by atoms with Crippen LogP contribution in [0.1, 0.15) is 12.8 Å². The minimum absolute atomic E-state index is 0.0620. The lowest BCUT2D eigenvalue weighted by Crippen LogP contribution is -2.24. The van der Waals surface area contributed by atoms with E-state index in [1.807, 2.05) is 6.08 Å². The second-order valence-electron chi connectivity index (χ2n) is 3.55. The summed E-state index contributed by atoms with van der Waals surface area (Å²) in [4.78, 5) is 11.4. The van der Waals surface area contributed by atoms with Gasteiger partial charge in [0.25, 0.3) is 3.79 Å². The summed E-state index contributed by atoms with van der Waals surface area (Å²) in [6.07, 6.45) is 3.35. The van der Waals surface area contributed by atoms with Crippen molar-refractivity contribution in [3.05, 3.63) is 11.6 Å². The van der Waals surface area contributed by atoms with Gasteiger partial charge in [0.1, 0.15) is 6.61 Å². The molecule has 1 unspecified atom stereocenters. The van der Waals surface area contributed by atoms with Gasteiger partial charge in [0.2, 0.25) is 5.90 Å². The fraction of sp³-hybridized carbons (Fsp3) is 0.600. The lowest BCUT2D eigenvalue weighted by atomic mass is 10.0. The lowest BCUT2D eigenvalue weighted by molar-refractivity contribution is -0.144. The van der Waals surface area contributed by atoms with Crippen LogP contribution in [0.4, 0.5) is 0 Å². The molecule has 1 atom stereocenters. The van der Waals surface area contributed by atoms with Gasteiger partial charge in [-0.05, 0) is 18.4 Å². The molecule has 1 aliphatic rings. The van der Waals surface area contributed by atoms with Crippen LogP contribution < -0.4 is 0 Å². The van der Waals surface area contributed by atoms with E-state index in [0.29, 0.717) is 6.42 Å². The van der Waals surface area contributed by atoms with Gasteiger partial charge in [-0.15, -0.1) is 0 Å². The molecule has 0 saturated heterocycles. The van der Waals surface area contributed by atoms with E-state index in [2.05, 4.69) is 4.74 Å². The summed E-state index contributed by atoms with van der Waals surface area (Å²) in [5.74, 6) is -1.08. The Balaban J connectivity index is 2.52. The van der Waals surface area contributed by atoms with Crippen LogP contribution in [0.3, 0.4) is 0 Å². The molecule has 0 aromatic carbocycles. The molecule has 7 heteroatoms. The first-order valence-electron chi connectivity index (χ1n) is 4.91. The Kier molecular flexibility index (Phi) is 5.10. The van der Waals surface area contributed by atoms with E-state index in [4.69, 9.17) is 44.9 Å². The minimum atomic E-state index is -1.88. The van der Waals surface area contributed by atoms with Gasteiger partial charge in [-0.3, -0.25) is 10.2 Å².